The molecule has 2 N–H and O–H groups in total. The van der Waals surface area contributed by atoms with E-state index in [0.29, 0.717) is 25.1 Å². The van der Waals surface area contributed by atoms with E-state index in [0.717, 1.165) is 34.9 Å². The number of carbonyl (C=O) groups is 2. The molecule has 0 unspecified atom stereocenters. The molecule has 2 aromatic carbocycles. The number of nitrogens with zero attached hydrogens (tertiary/aromatic N) is 1. The second-order valence-electron chi connectivity index (χ2n) is 8.53. The molecule has 3 heterocycles. The predicted molar refractivity (Wildman–Crippen MR) is 113 cm³/mol. The van der Waals surface area contributed by atoms with Gasteiger partial charge in [0, 0.05) is 23.9 Å². The molecule has 0 bridgehead atoms. The van der Waals surface area contributed by atoms with E-state index in [1.54, 1.807) is 12.1 Å². The summed E-state index contributed by atoms with van der Waals surface area (Å²) in [5.41, 5.74) is 2.92. The van der Waals surface area contributed by atoms with Gasteiger partial charge in [-0.1, -0.05) is 24.3 Å². The third-order valence-electron chi connectivity index (χ3n) is 6.50. The van der Waals surface area contributed by atoms with Gasteiger partial charge >= 0.3 is 0 Å². The van der Waals surface area contributed by atoms with Crippen LogP contribution in [0.25, 0.3) is 10.9 Å². The van der Waals surface area contributed by atoms with Crippen molar-refractivity contribution in [1.82, 2.24) is 15.2 Å². The molecule has 1 aromatic heterocycles. The maximum Gasteiger partial charge on any atom is 0.270 e. The van der Waals surface area contributed by atoms with E-state index in [1.807, 2.05) is 36.1 Å². The Labute approximate surface area is 174 Å². The van der Waals surface area contributed by atoms with Gasteiger partial charge in [0.25, 0.3) is 5.91 Å². The van der Waals surface area contributed by atoms with Gasteiger partial charge in [0.2, 0.25) is 5.91 Å². The highest BCUT2D eigenvalue weighted by molar-refractivity contribution is 5.98. The van der Waals surface area contributed by atoms with Gasteiger partial charge in [-0.05, 0) is 61.6 Å². The van der Waals surface area contributed by atoms with E-state index in [1.165, 1.54) is 12.1 Å². The number of benzene rings is 2. The van der Waals surface area contributed by atoms with Gasteiger partial charge < -0.3 is 15.2 Å². The summed E-state index contributed by atoms with van der Waals surface area (Å²) in [5.74, 6) is -0.404. The first-order valence-electron chi connectivity index (χ1n) is 10.4. The Balaban J connectivity index is 1.57. The van der Waals surface area contributed by atoms with Gasteiger partial charge in [-0.15, -0.1) is 0 Å². The summed E-state index contributed by atoms with van der Waals surface area (Å²) < 4.78 is 13.6. The van der Waals surface area contributed by atoms with Crippen LogP contribution in [-0.4, -0.2) is 33.8 Å². The molecule has 1 spiro atoms. The summed E-state index contributed by atoms with van der Waals surface area (Å²) in [6.07, 6.45) is 2.73. The van der Waals surface area contributed by atoms with Crippen LogP contribution in [0.3, 0.4) is 0 Å². The van der Waals surface area contributed by atoms with Crippen molar-refractivity contribution in [3.63, 3.8) is 0 Å². The lowest BCUT2D eigenvalue weighted by Crippen LogP contribution is -2.58. The fourth-order valence-corrected chi connectivity index (χ4v) is 5.13. The van der Waals surface area contributed by atoms with Crippen LogP contribution in [0.1, 0.15) is 53.3 Å². The Morgan fingerprint density at radius 1 is 1.13 bits per heavy atom. The smallest absolute Gasteiger partial charge is 0.270 e. The minimum Gasteiger partial charge on any atom is -0.351 e. The number of hydrogen-bond donors (Lipinski definition) is 2. The first-order valence-corrected chi connectivity index (χ1v) is 10.4. The lowest BCUT2D eigenvalue weighted by Gasteiger charge is -2.48. The molecular formula is C24H24FN3O2. The van der Waals surface area contributed by atoms with Crippen LogP contribution < -0.4 is 5.32 Å². The molecule has 2 fully saturated rings. The van der Waals surface area contributed by atoms with Gasteiger partial charge in [0.05, 0.1) is 11.6 Å². The molecule has 5 nitrogen and oxygen atoms in total. The van der Waals surface area contributed by atoms with E-state index >= 15 is 0 Å². The molecule has 0 radical (unpaired) electrons. The zero-order valence-corrected chi connectivity index (χ0v) is 16.9. The van der Waals surface area contributed by atoms with Crippen molar-refractivity contribution in [3.8, 4) is 0 Å². The van der Waals surface area contributed by atoms with Gasteiger partial charge in [0.1, 0.15) is 11.5 Å². The van der Waals surface area contributed by atoms with E-state index < -0.39 is 5.54 Å². The molecule has 3 aromatic rings. The number of aryl methyl sites for hydroxylation is 1. The molecule has 154 valence electrons. The van der Waals surface area contributed by atoms with Crippen LogP contribution in [-0.2, 0) is 4.79 Å². The number of hydrogen-bond acceptors (Lipinski definition) is 2. The SMILES string of the molecule is Cc1ccc2cc(C(=O)N3CCC[C@]4(CCC(=O)N4)[C@H]3c3ccc(F)cc3)[nH]c2c1. The maximum atomic E-state index is 13.6. The molecule has 6 heteroatoms. The number of rotatable bonds is 2. The van der Waals surface area contributed by atoms with Crippen LogP contribution in [0.5, 0.6) is 0 Å². The lowest BCUT2D eigenvalue weighted by atomic mass is 9.76. The molecule has 0 aliphatic carbocycles. The number of carbonyl (C=O) groups excluding carboxylic acids is 2. The maximum absolute atomic E-state index is 13.6. The Morgan fingerprint density at radius 2 is 1.93 bits per heavy atom. The summed E-state index contributed by atoms with van der Waals surface area (Å²) in [6.45, 7) is 2.61. The highest BCUT2D eigenvalue weighted by Gasteiger charge is 2.50. The number of likely N-dealkylation sites (tertiary alicyclic amines) is 1. The van der Waals surface area contributed by atoms with E-state index in [-0.39, 0.29) is 23.7 Å². The summed E-state index contributed by atoms with van der Waals surface area (Å²) in [6, 6.07) is 13.9. The van der Waals surface area contributed by atoms with Crippen molar-refractivity contribution in [2.45, 2.75) is 44.2 Å². The Kier molecular flexibility index (Phi) is 4.38. The third-order valence-corrected chi connectivity index (χ3v) is 6.50. The molecule has 2 aliphatic rings. The largest absolute Gasteiger partial charge is 0.351 e. The van der Waals surface area contributed by atoms with Crippen molar-refractivity contribution >= 4 is 22.7 Å². The summed E-state index contributed by atoms with van der Waals surface area (Å²) in [5, 5.41) is 4.16. The highest BCUT2D eigenvalue weighted by atomic mass is 19.1. The zero-order chi connectivity index (χ0) is 20.9. The molecule has 2 saturated heterocycles. The number of piperidine rings is 1. The quantitative estimate of drug-likeness (QED) is 0.670. The molecule has 30 heavy (non-hydrogen) atoms. The van der Waals surface area contributed by atoms with Crippen molar-refractivity contribution in [2.75, 3.05) is 6.54 Å². The second kappa shape index (κ2) is 6.97. The number of nitrogens with one attached hydrogen (secondary N) is 2. The topological polar surface area (TPSA) is 65.2 Å². The number of H-pyrrole nitrogens is 1. The molecule has 2 atom stereocenters. The number of halogens is 1. The number of fused-ring (bicyclic) bond motifs is 1. The summed E-state index contributed by atoms with van der Waals surface area (Å²) >= 11 is 0. The van der Waals surface area contributed by atoms with Crippen molar-refractivity contribution in [2.24, 2.45) is 0 Å². The van der Waals surface area contributed by atoms with E-state index in [9.17, 15) is 14.0 Å². The van der Waals surface area contributed by atoms with Crippen molar-refractivity contribution in [1.29, 1.82) is 0 Å². The average Bonchev–Trinajstić information content (AvgIpc) is 3.31. The van der Waals surface area contributed by atoms with Crippen LogP contribution in [0.2, 0.25) is 0 Å². The first kappa shape index (κ1) is 18.9. The van der Waals surface area contributed by atoms with Gasteiger partial charge in [0.15, 0.2) is 0 Å². The number of aromatic amines is 1. The van der Waals surface area contributed by atoms with Crippen LogP contribution in [0.15, 0.2) is 48.5 Å². The van der Waals surface area contributed by atoms with Gasteiger partial charge in [-0.2, -0.15) is 0 Å². The Morgan fingerprint density at radius 3 is 2.67 bits per heavy atom. The lowest BCUT2D eigenvalue weighted by molar-refractivity contribution is -0.120. The standard InChI is InChI=1S/C24H24FN3O2/c1-15-3-4-17-14-20(26-19(17)13-15)23(30)28-12-2-10-24(11-9-21(29)27-24)22(28)16-5-7-18(25)8-6-16/h3-8,13-14,22,26H,2,9-12H2,1H3,(H,27,29)/t22-,24+/m1/s1. The molecule has 0 saturated carbocycles. The summed E-state index contributed by atoms with van der Waals surface area (Å²) in [4.78, 5) is 30.9. The molecule has 2 amide bonds. The normalized spacial score (nSPS) is 23.9. The molecule has 2 aliphatic heterocycles. The average molecular weight is 405 g/mol. The highest BCUT2D eigenvalue weighted by Crippen LogP contribution is 2.45. The predicted octanol–water partition coefficient (Wildman–Crippen LogP) is 4.24. The van der Waals surface area contributed by atoms with E-state index in [4.69, 9.17) is 0 Å². The Hall–Kier alpha value is -3.15. The third kappa shape index (κ3) is 3.07. The minimum absolute atomic E-state index is 0.0116. The first-order chi connectivity index (χ1) is 14.4. The monoisotopic (exact) mass is 405 g/mol. The minimum atomic E-state index is -0.509. The van der Waals surface area contributed by atoms with Gasteiger partial charge in [-0.3, -0.25) is 9.59 Å². The zero-order valence-electron chi connectivity index (χ0n) is 16.9. The number of aromatic nitrogens is 1. The second-order valence-corrected chi connectivity index (χ2v) is 8.53. The van der Waals surface area contributed by atoms with Crippen LogP contribution in [0, 0.1) is 12.7 Å². The summed E-state index contributed by atoms with van der Waals surface area (Å²) in [7, 11) is 0. The van der Waals surface area contributed by atoms with Crippen LogP contribution >= 0.6 is 0 Å². The van der Waals surface area contributed by atoms with E-state index in [2.05, 4.69) is 10.3 Å². The molecular weight excluding hydrogens is 381 g/mol. The fraction of sp³-hybridized carbons (Fsp3) is 0.333. The molecule has 5 rings (SSSR count). The Bertz CT molecular complexity index is 1140. The number of amides is 2. The van der Waals surface area contributed by atoms with Gasteiger partial charge in [-0.25, -0.2) is 4.39 Å². The van der Waals surface area contributed by atoms with Crippen molar-refractivity contribution < 1.29 is 14.0 Å². The van der Waals surface area contributed by atoms with Crippen LogP contribution in [0.4, 0.5) is 4.39 Å². The fourth-order valence-electron chi connectivity index (χ4n) is 5.13. The van der Waals surface area contributed by atoms with Crippen molar-refractivity contribution in [3.05, 3.63) is 71.2 Å².